The highest BCUT2D eigenvalue weighted by molar-refractivity contribution is 5.14. The molecular weight excluding hydrogens is 220 g/mol. The second-order valence-corrected chi connectivity index (χ2v) is 5.16. The first-order valence-electron chi connectivity index (χ1n) is 7.19. The van der Waals surface area contributed by atoms with Gasteiger partial charge in [0.15, 0.2) is 0 Å². The van der Waals surface area contributed by atoms with Gasteiger partial charge in [0.1, 0.15) is 0 Å². The van der Waals surface area contributed by atoms with E-state index in [1.165, 1.54) is 24.8 Å². The third-order valence-electron chi connectivity index (χ3n) is 3.42. The predicted octanol–water partition coefficient (Wildman–Crippen LogP) is 3.29. The summed E-state index contributed by atoms with van der Waals surface area (Å²) in [5.74, 6) is 0. The summed E-state index contributed by atoms with van der Waals surface area (Å²) in [4.78, 5) is 2.40. The number of nitrogens with one attached hydrogen (secondary N) is 1. The zero-order chi connectivity index (χ0) is 13.2. The average Bonchev–Trinajstić information content (AvgIpc) is 2.39. The Labute approximate surface area is 112 Å². The highest BCUT2D eigenvalue weighted by Crippen LogP contribution is 2.05. The summed E-state index contributed by atoms with van der Waals surface area (Å²) in [6.45, 7) is 7.79. The number of benzene rings is 1. The first-order chi connectivity index (χ1) is 8.74. The van der Waals surface area contributed by atoms with Crippen molar-refractivity contribution in [2.75, 3.05) is 20.1 Å². The van der Waals surface area contributed by atoms with Crippen molar-refractivity contribution >= 4 is 0 Å². The molecule has 1 rings (SSSR count). The van der Waals surface area contributed by atoms with E-state index in [4.69, 9.17) is 0 Å². The van der Waals surface area contributed by atoms with Crippen LogP contribution in [-0.4, -0.2) is 31.1 Å². The van der Waals surface area contributed by atoms with E-state index in [0.29, 0.717) is 6.04 Å². The molecule has 2 heteroatoms. The molecule has 0 fully saturated rings. The van der Waals surface area contributed by atoms with Crippen LogP contribution in [0.25, 0.3) is 0 Å². The van der Waals surface area contributed by atoms with E-state index >= 15 is 0 Å². The molecule has 0 radical (unpaired) electrons. The smallest absolute Gasteiger partial charge is 0.0234 e. The van der Waals surface area contributed by atoms with Crippen LogP contribution in [0.3, 0.4) is 0 Å². The number of unbranched alkanes of at least 4 members (excludes halogenated alkanes) is 2. The highest BCUT2D eigenvalue weighted by Gasteiger charge is 2.08. The van der Waals surface area contributed by atoms with Gasteiger partial charge in [-0.1, -0.05) is 50.1 Å². The van der Waals surface area contributed by atoms with E-state index in [2.05, 4.69) is 61.4 Å². The van der Waals surface area contributed by atoms with E-state index in [0.717, 1.165) is 19.6 Å². The van der Waals surface area contributed by atoms with Crippen LogP contribution in [0.4, 0.5) is 0 Å². The minimum atomic E-state index is 0.576. The fourth-order valence-electron chi connectivity index (χ4n) is 1.99. The maximum Gasteiger partial charge on any atom is 0.0234 e. The zero-order valence-electron chi connectivity index (χ0n) is 12.2. The summed E-state index contributed by atoms with van der Waals surface area (Å²) in [6.07, 6.45) is 3.93. The Morgan fingerprint density at radius 2 is 1.89 bits per heavy atom. The van der Waals surface area contributed by atoms with Crippen molar-refractivity contribution in [1.29, 1.82) is 0 Å². The summed E-state index contributed by atoms with van der Waals surface area (Å²) >= 11 is 0. The van der Waals surface area contributed by atoms with Crippen LogP contribution in [-0.2, 0) is 6.54 Å². The third kappa shape index (κ3) is 6.18. The van der Waals surface area contributed by atoms with Gasteiger partial charge in [-0.15, -0.1) is 0 Å². The molecule has 1 N–H and O–H groups in total. The van der Waals surface area contributed by atoms with E-state index < -0.39 is 0 Å². The zero-order valence-corrected chi connectivity index (χ0v) is 12.2. The average molecular weight is 248 g/mol. The van der Waals surface area contributed by atoms with Gasteiger partial charge >= 0.3 is 0 Å². The van der Waals surface area contributed by atoms with Crippen LogP contribution in [0, 0.1) is 0 Å². The lowest BCUT2D eigenvalue weighted by Crippen LogP contribution is -2.37. The Morgan fingerprint density at radius 1 is 1.17 bits per heavy atom. The summed E-state index contributed by atoms with van der Waals surface area (Å²) in [5, 5.41) is 3.54. The number of hydrogen-bond acceptors (Lipinski definition) is 2. The van der Waals surface area contributed by atoms with Gasteiger partial charge in [0.05, 0.1) is 0 Å². The molecule has 0 aliphatic carbocycles. The second-order valence-electron chi connectivity index (χ2n) is 5.16. The monoisotopic (exact) mass is 248 g/mol. The van der Waals surface area contributed by atoms with E-state index in [1.54, 1.807) is 0 Å². The van der Waals surface area contributed by atoms with Crippen molar-refractivity contribution in [3.63, 3.8) is 0 Å². The summed E-state index contributed by atoms with van der Waals surface area (Å²) in [5.41, 5.74) is 1.39. The summed E-state index contributed by atoms with van der Waals surface area (Å²) in [7, 11) is 2.20. The molecule has 0 aliphatic heterocycles. The normalized spacial score (nSPS) is 12.9. The molecule has 0 bridgehead atoms. The Morgan fingerprint density at radius 3 is 2.56 bits per heavy atom. The lowest BCUT2D eigenvalue weighted by molar-refractivity contribution is 0.243. The van der Waals surface area contributed by atoms with Crippen LogP contribution in [0.5, 0.6) is 0 Å². The molecular formula is C16H28N2. The maximum absolute atomic E-state index is 3.54. The van der Waals surface area contributed by atoms with Crippen molar-refractivity contribution in [3.05, 3.63) is 35.9 Å². The third-order valence-corrected chi connectivity index (χ3v) is 3.42. The van der Waals surface area contributed by atoms with Gasteiger partial charge in [-0.25, -0.2) is 0 Å². The second kappa shape index (κ2) is 9.12. The van der Waals surface area contributed by atoms with Crippen molar-refractivity contribution in [2.45, 2.75) is 45.7 Å². The van der Waals surface area contributed by atoms with Gasteiger partial charge in [0.2, 0.25) is 0 Å². The molecule has 0 spiro atoms. The minimum absolute atomic E-state index is 0.576. The van der Waals surface area contributed by atoms with Gasteiger partial charge < -0.3 is 5.32 Å². The van der Waals surface area contributed by atoms with E-state index in [9.17, 15) is 0 Å². The molecule has 18 heavy (non-hydrogen) atoms. The molecule has 0 heterocycles. The van der Waals surface area contributed by atoms with Gasteiger partial charge in [0, 0.05) is 19.1 Å². The van der Waals surface area contributed by atoms with Crippen molar-refractivity contribution < 1.29 is 0 Å². The molecule has 0 aromatic heterocycles. The Hall–Kier alpha value is -0.860. The van der Waals surface area contributed by atoms with Crippen molar-refractivity contribution in [1.82, 2.24) is 10.2 Å². The quantitative estimate of drug-likeness (QED) is 0.675. The van der Waals surface area contributed by atoms with Crippen LogP contribution < -0.4 is 5.32 Å². The molecule has 1 unspecified atom stereocenters. The van der Waals surface area contributed by atoms with Crippen LogP contribution in [0.15, 0.2) is 30.3 Å². The van der Waals surface area contributed by atoms with Crippen molar-refractivity contribution in [3.8, 4) is 0 Å². The van der Waals surface area contributed by atoms with E-state index in [-0.39, 0.29) is 0 Å². The topological polar surface area (TPSA) is 15.3 Å². The number of nitrogens with zero attached hydrogens (tertiary/aromatic N) is 1. The molecule has 102 valence electrons. The molecule has 0 aliphatic rings. The standard InChI is InChI=1S/C16H28N2/c1-4-5-9-12-17-13-15(2)18(3)14-16-10-7-6-8-11-16/h6-8,10-11,15,17H,4-5,9,12-14H2,1-3H3. The molecule has 0 amide bonds. The van der Waals surface area contributed by atoms with Crippen molar-refractivity contribution in [2.24, 2.45) is 0 Å². The fraction of sp³-hybridized carbons (Fsp3) is 0.625. The first-order valence-corrected chi connectivity index (χ1v) is 7.19. The van der Waals surface area contributed by atoms with Crippen LogP contribution in [0.2, 0.25) is 0 Å². The molecule has 1 aromatic rings. The maximum atomic E-state index is 3.54. The predicted molar refractivity (Wildman–Crippen MR) is 79.8 cm³/mol. The van der Waals surface area contributed by atoms with Gasteiger partial charge in [0.25, 0.3) is 0 Å². The molecule has 1 atom stereocenters. The highest BCUT2D eigenvalue weighted by atomic mass is 15.1. The first kappa shape index (κ1) is 15.2. The van der Waals surface area contributed by atoms with Gasteiger partial charge in [-0.2, -0.15) is 0 Å². The van der Waals surface area contributed by atoms with E-state index in [1.807, 2.05) is 0 Å². The summed E-state index contributed by atoms with van der Waals surface area (Å²) < 4.78 is 0. The fourth-order valence-corrected chi connectivity index (χ4v) is 1.99. The Bertz CT molecular complexity index is 297. The Balaban J connectivity index is 2.18. The SMILES string of the molecule is CCCCCNCC(C)N(C)Cc1ccccc1. The summed E-state index contributed by atoms with van der Waals surface area (Å²) in [6, 6.07) is 11.2. The van der Waals surface area contributed by atoms with Crippen LogP contribution in [0.1, 0.15) is 38.7 Å². The van der Waals surface area contributed by atoms with Gasteiger partial charge in [-0.3, -0.25) is 4.90 Å². The van der Waals surface area contributed by atoms with Gasteiger partial charge in [-0.05, 0) is 32.5 Å². The molecule has 2 nitrogen and oxygen atoms in total. The lowest BCUT2D eigenvalue weighted by Gasteiger charge is -2.25. The lowest BCUT2D eigenvalue weighted by atomic mass is 10.2. The number of likely N-dealkylation sites (N-methyl/N-ethyl adjacent to an activating group) is 1. The molecule has 1 aromatic carbocycles. The Kier molecular flexibility index (Phi) is 7.70. The molecule has 0 saturated heterocycles. The van der Waals surface area contributed by atoms with Crippen LogP contribution >= 0.6 is 0 Å². The largest absolute Gasteiger partial charge is 0.315 e. The minimum Gasteiger partial charge on any atom is -0.315 e. The number of hydrogen-bond donors (Lipinski definition) is 1. The molecule has 0 saturated carbocycles. The number of rotatable bonds is 9.